The molecule has 0 atom stereocenters. The van der Waals surface area contributed by atoms with Gasteiger partial charge in [-0.2, -0.15) is 5.10 Å². The number of hydrogen-bond acceptors (Lipinski definition) is 5. The number of rotatable bonds is 8. The lowest BCUT2D eigenvalue weighted by Crippen LogP contribution is -2.26. The van der Waals surface area contributed by atoms with E-state index in [0.717, 1.165) is 11.3 Å². The van der Waals surface area contributed by atoms with E-state index in [1.165, 1.54) is 29.7 Å². The number of hydrazone groups is 1. The number of carbonyl (C=O) groups excluding carboxylic acids is 1. The van der Waals surface area contributed by atoms with Crippen LogP contribution in [0.1, 0.15) is 29.8 Å². The van der Waals surface area contributed by atoms with Gasteiger partial charge in [0.05, 0.1) is 22.9 Å². The van der Waals surface area contributed by atoms with Crippen LogP contribution in [0.2, 0.25) is 0 Å². The number of nitrogens with one attached hydrogen (secondary N) is 1. The highest BCUT2D eigenvalue weighted by Crippen LogP contribution is 2.22. The molecule has 1 amide bonds. The van der Waals surface area contributed by atoms with Crippen LogP contribution in [0, 0.1) is 0 Å². The summed E-state index contributed by atoms with van der Waals surface area (Å²) in [6.45, 7) is 3.91. The zero-order valence-electron chi connectivity index (χ0n) is 18.1. The molecular formula is C24H25N3O4S. The van der Waals surface area contributed by atoms with Crippen LogP contribution in [0.5, 0.6) is 5.75 Å². The molecule has 8 heteroatoms. The smallest absolute Gasteiger partial charge is 0.271 e. The largest absolute Gasteiger partial charge is 0.491 e. The van der Waals surface area contributed by atoms with E-state index in [-0.39, 0.29) is 11.0 Å². The van der Waals surface area contributed by atoms with E-state index >= 15 is 0 Å². The number of nitrogens with zero attached hydrogens (tertiary/aromatic N) is 2. The number of anilines is 1. The molecule has 0 saturated heterocycles. The molecule has 3 rings (SSSR count). The van der Waals surface area contributed by atoms with Gasteiger partial charge < -0.3 is 4.74 Å². The number of sulfonamides is 1. The van der Waals surface area contributed by atoms with Crippen molar-refractivity contribution in [3.63, 3.8) is 0 Å². The maximum atomic E-state index is 12.7. The summed E-state index contributed by atoms with van der Waals surface area (Å²) in [7, 11) is -2.21. The summed E-state index contributed by atoms with van der Waals surface area (Å²) in [5.41, 5.74) is 4.08. The second-order valence-corrected chi connectivity index (χ2v) is 9.24. The van der Waals surface area contributed by atoms with E-state index in [4.69, 9.17) is 4.74 Å². The summed E-state index contributed by atoms with van der Waals surface area (Å²) >= 11 is 0. The Morgan fingerprint density at radius 1 is 0.969 bits per heavy atom. The molecule has 0 aliphatic heterocycles. The van der Waals surface area contributed by atoms with Gasteiger partial charge in [-0.3, -0.25) is 9.10 Å². The molecule has 0 bridgehead atoms. The van der Waals surface area contributed by atoms with Crippen LogP contribution in [0.3, 0.4) is 0 Å². The number of hydrogen-bond donors (Lipinski definition) is 1. The maximum Gasteiger partial charge on any atom is 0.271 e. The molecule has 3 aromatic carbocycles. The second kappa shape index (κ2) is 10.1. The molecule has 0 heterocycles. The van der Waals surface area contributed by atoms with E-state index in [0.29, 0.717) is 11.3 Å². The van der Waals surface area contributed by atoms with Gasteiger partial charge in [0.15, 0.2) is 0 Å². The SMILES string of the molecule is CC(C)Oc1ccc(/C=N/NC(=O)c2ccc(N(C)S(=O)(=O)c3ccccc3)cc2)cc1. The molecule has 0 saturated carbocycles. The monoisotopic (exact) mass is 451 g/mol. The highest BCUT2D eigenvalue weighted by Gasteiger charge is 2.21. The van der Waals surface area contributed by atoms with Gasteiger partial charge in [-0.25, -0.2) is 13.8 Å². The maximum absolute atomic E-state index is 12.7. The lowest BCUT2D eigenvalue weighted by Gasteiger charge is -2.19. The van der Waals surface area contributed by atoms with Crippen molar-refractivity contribution in [1.82, 2.24) is 5.43 Å². The van der Waals surface area contributed by atoms with Crippen molar-refractivity contribution >= 4 is 27.8 Å². The minimum atomic E-state index is -3.68. The Kier molecular flexibility index (Phi) is 7.27. The highest BCUT2D eigenvalue weighted by molar-refractivity contribution is 7.92. The predicted octanol–water partition coefficient (Wildman–Crippen LogP) is 4.06. The van der Waals surface area contributed by atoms with Gasteiger partial charge in [-0.1, -0.05) is 18.2 Å². The topological polar surface area (TPSA) is 88.1 Å². The Labute approximate surface area is 188 Å². The Balaban J connectivity index is 1.62. The van der Waals surface area contributed by atoms with Gasteiger partial charge in [0.1, 0.15) is 5.75 Å². The van der Waals surface area contributed by atoms with Crippen molar-refractivity contribution in [2.75, 3.05) is 11.4 Å². The van der Waals surface area contributed by atoms with Crippen molar-refractivity contribution in [1.29, 1.82) is 0 Å². The van der Waals surface area contributed by atoms with Gasteiger partial charge in [0, 0.05) is 12.6 Å². The molecule has 0 unspecified atom stereocenters. The third-order valence-electron chi connectivity index (χ3n) is 4.53. The molecule has 0 radical (unpaired) electrons. The number of carbonyl (C=O) groups is 1. The van der Waals surface area contributed by atoms with Gasteiger partial charge >= 0.3 is 0 Å². The molecule has 32 heavy (non-hydrogen) atoms. The highest BCUT2D eigenvalue weighted by atomic mass is 32.2. The normalized spacial score (nSPS) is 11.5. The summed E-state index contributed by atoms with van der Waals surface area (Å²) < 4.78 is 32.2. The third-order valence-corrected chi connectivity index (χ3v) is 6.33. The van der Waals surface area contributed by atoms with Crippen LogP contribution in [0.4, 0.5) is 5.69 Å². The predicted molar refractivity (Wildman–Crippen MR) is 126 cm³/mol. The van der Waals surface area contributed by atoms with Crippen molar-refractivity contribution < 1.29 is 17.9 Å². The van der Waals surface area contributed by atoms with Crippen LogP contribution in [0.25, 0.3) is 0 Å². The standard InChI is InChI=1S/C24H25N3O4S/c1-18(2)31-22-15-9-19(10-16-22)17-25-26-24(28)20-11-13-21(14-12-20)27(3)32(29,30)23-7-5-4-6-8-23/h4-18H,1-3H3,(H,26,28)/b25-17+. The van der Waals surface area contributed by atoms with Crippen molar-refractivity contribution in [2.24, 2.45) is 5.10 Å². The third kappa shape index (κ3) is 5.73. The van der Waals surface area contributed by atoms with Crippen molar-refractivity contribution in [3.8, 4) is 5.75 Å². The Morgan fingerprint density at radius 2 is 1.59 bits per heavy atom. The summed E-state index contributed by atoms with van der Waals surface area (Å²) in [6, 6.07) is 21.8. The van der Waals surface area contributed by atoms with Crippen molar-refractivity contribution in [2.45, 2.75) is 24.8 Å². The Bertz CT molecular complexity index is 1170. The first-order chi connectivity index (χ1) is 15.3. The fraction of sp³-hybridized carbons (Fsp3) is 0.167. The van der Waals surface area contributed by atoms with Crippen molar-refractivity contribution in [3.05, 3.63) is 90.0 Å². The molecule has 3 aromatic rings. The molecule has 166 valence electrons. The average molecular weight is 452 g/mol. The summed E-state index contributed by atoms with van der Waals surface area (Å²) in [5.74, 6) is 0.363. The van der Waals surface area contributed by atoms with Gasteiger partial charge in [-0.05, 0) is 80.1 Å². The molecular weight excluding hydrogens is 426 g/mol. The van der Waals surface area contributed by atoms with E-state index in [1.807, 2.05) is 38.1 Å². The summed E-state index contributed by atoms with van der Waals surface area (Å²) in [5, 5.41) is 3.97. The van der Waals surface area contributed by atoms with E-state index in [9.17, 15) is 13.2 Å². The molecule has 1 N–H and O–H groups in total. The lowest BCUT2D eigenvalue weighted by atomic mass is 10.2. The minimum absolute atomic E-state index is 0.0958. The van der Waals surface area contributed by atoms with Gasteiger partial charge in [-0.15, -0.1) is 0 Å². The van der Waals surface area contributed by atoms with E-state index < -0.39 is 15.9 Å². The van der Waals surface area contributed by atoms with E-state index in [1.54, 1.807) is 42.5 Å². The fourth-order valence-corrected chi connectivity index (χ4v) is 4.06. The zero-order chi connectivity index (χ0) is 23.1. The molecule has 0 aliphatic rings. The number of benzene rings is 3. The Hall–Kier alpha value is -3.65. The number of amides is 1. The van der Waals surface area contributed by atoms with Crippen LogP contribution in [-0.4, -0.2) is 33.7 Å². The summed E-state index contributed by atoms with van der Waals surface area (Å²) in [6.07, 6.45) is 1.63. The average Bonchev–Trinajstić information content (AvgIpc) is 2.80. The van der Waals surface area contributed by atoms with Crippen LogP contribution < -0.4 is 14.5 Å². The first-order valence-electron chi connectivity index (χ1n) is 10.0. The van der Waals surface area contributed by atoms with Crippen LogP contribution >= 0.6 is 0 Å². The Morgan fingerprint density at radius 3 is 2.19 bits per heavy atom. The first-order valence-corrected chi connectivity index (χ1v) is 11.5. The quantitative estimate of drug-likeness (QED) is 0.413. The first kappa shape index (κ1) is 23.0. The lowest BCUT2D eigenvalue weighted by molar-refractivity contribution is 0.0955. The van der Waals surface area contributed by atoms with Crippen LogP contribution in [-0.2, 0) is 10.0 Å². The van der Waals surface area contributed by atoms with Gasteiger partial charge in [0.25, 0.3) is 15.9 Å². The molecule has 7 nitrogen and oxygen atoms in total. The second-order valence-electron chi connectivity index (χ2n) is 7.27. The van der Waals surface area contributed by atoms with E-state index in [2.05, 4.69) is 10.5 Å². The number of ether oxygens (including phenoxy) is 1. The molecule has 0 spiro atoms. The molecule has 0 fully saturated rings. The van der Waals surface area contributed by atoms with Gasteiger partial charge in [0.2, 0.25) is 0 Å². The molecule has 0 aromatic heterocycles. The van der Waals surface area contributed by atoms with Crippen LogP contribution in [0.15, 0.2) is 88.9 Å². The molecule has 0 aliphatic carbocycles. The fourth-order valence-electron chi connectivity index (χ4n) is 2.85. The minimum Gasteiger partial charge on any atom is -0.491 e. The zero-order valence-corrected chi connectivity index (χ0v) is 18.9. The summed E-state index contributed by atoms with van der Waals surface area (Å²) in [4.78, 5) is 12.5.